The molecule has 1 amide bonds. The molecule has 0 heterocycles. The first-order chi connectivity index (χ1) is 15.3. The fourth-order valence-corrected chi connectivity index (χ4v) is 3.73. The topological polar surface area (TPSA) is 102 Å². The van der Waals surface area contributed by atoms with Gasteiger partial charge in [-0.3, -0.25) is 20.3 Å². The van der Waals surface area contributed by atoms with Gasteiger partial charge in [0, 0.05) is 19.4 Å². The zero-order valence-electron chi connectivity index (χ0n) is 19.7. The number of carboxylic acid groups (broad SMARTS) is 1. The Balaban J connectivity index is 2.14. The van der Waals surface area contributed by atoms with Gasteiger partial charge in [0.25, 0.3) is 0 Å². The van der Waals surface area contributed by atoms with Gasteiger partial charge in [0.1, 0.15) is 0 Å². The number of benzene rings is 1. The fraction of sp³-hybridized carbons (Fsp3) is 0.600. The summed E-state index contributed by atoms with van der Waals surface area (Å²) in [5, 5.41) is 20.5. The van der Waals surface area contributed by atoms with E-state index >= 15 is 0 Å². The number of aliphatic carboxylic acids is 1. The second kappa shape index (κ2) is 16.3. The molecule has 0 spiro atoms. The van der Waals surface area contributed by atoms with E-state index in [4.69, 9.17) is 10.3 Å². The average Bonchev–Trinajstić information content (AvgIpc) is 2.75. The zero-order valence-corrected chi connectivity index (χ0v) is 19.7. The van der Waals surface area contributed by atoms with Crippen molar-refractivity contribution in [3.8, 4) is 0 Å². The Morgan fingerprint density at radius 3 is 2.16 bits per heavy atom. The van der Waals surface area contributed by atoms with Crippen molar-refractivity contribution in [3.63, 3.8) is 0 Å². The van der Waals surface area contributed by atoms with Gasteiger partial charge in [0.15, 0.2) is 0 Å². The summed E-state index contributed by atoms with van der Waals surface area (Å²) in [6.07, 6.45) is 9.32. The molecule has 0 aliphatic rings. The lowest BCUT2D eigenvalue weighted by Crippen LogP contribution is -2.39. The first-order valence-corrected chi connectivity index (χ1v) is 11.6. The number of aryl methyl sites for hydroxylation is 1. The van der Waals surface area contributed by atoms with Gasteiger partial charge in [-0.2, -0.15) is 0 Å². The van der Waals surface area contributed by atoms with E-state index in [1.165, 1.54) is 36.8 Å². The summed E-state index contributed by atoms with van der Waals surface area (Å²) >= 11 is 0. The quantitative estimate of drug-likeness (QED) is 0.198. The zero-order chi connectivity index (χ0) is 23.8. The number of carbonyl (C=O) groups excluding carboxylic acids is 1. The van der Waals surface area contributed by atoms with Gasteiger partial charge in [0.2, 0.25) is 5.91 Å². The fourth-order valence-electron chi connectivity index (χ4n) is 3.73. The maximum atomic E-state index is 12.1. The third kappa shape index (κ3) is 12.5. The monoisotopic (exact) mass is 447 g/mol. The van der Waals surface area contributed by atoms with E-state index in [0.29, 0.717) is 6.42 Å². The molecule has 0 saturated heterocycles. The second-order valence-electron chi connectivity index (χ2n) is 8.67. The minimum Gasteiger partial charge on any atom is -0.481 e. The molecule has 0 aliphatic heterocycles. The Labute approximate surface area is 192 Å². The molecule has 7 nitrogen and oxygen atoms in total. The molecule has 0 radical (unpaired) electrons. The summed E-state index contributed by atoms with van der Waals surface area (Å²) in [7, 11) is 4.20. The third-order valence-electron chi connectivity index (χ3n) is 5.50. The molecule has 0 unspecified atom stereocenters. The van der Waals surface area contributed by atoms with Crippen LogP contribution in [0.1, 0.15) is 75.3 Å². The van der Waals surface area contributed by atoms with Crippen LogP contribution in [0.4, 0.5) is 0 Å². The van der Waals surface area contributed by atoms with E-state index < -0.39 is 12.0 Å². The van der Waals surface area contributed by atoms with Crippen molar-refractivity contribution in [1.82, 2.24) is 15.7 Å². The molecule has 0 aromatic heterocycles. The maximum Gasteiger partial charge on any atom is 0.303 e. The van der Waals surface area contributed by atoms with Crippen molar-refractivity contribution < 1.29 is 19.9 Å². The summed E-state index contributed by atoms with van der Waals surface area (Å²) in [5.74, 6) is -1.10. The number of carbonyl (C=O) groups is 2. The number of unbranched alkanes of at least 4 members (excludes halogenated alkanes) is 6. The van der Waals surface area contributed by atoms with Crippen LogP contribution in [0.25, 0.3) is 0 Å². The van der Waals surface area contributed by atoms with Crippen LogP contribution in [-0.2, 0) is 22.6 Å². The Hall–Kier alpha value is -2.38. The summed E-state index contributed by atoms with van der Waals surface area (Å²) in [5.41, 5.74) is 4.98. The van der Waals surface area contributed by atoms with Crippen LogP contribution in [0.3, 0.4) is 0 Å². The van der Waals surface area contributed by atoms with Gasteiger partial charge in [-0.05, 0) is 50.9 Å². The normalized spacial score (nSPS) is 11.9. The highest BCUT2D eigenvalue weighted by molar-refractivity contribution is 5.76. The first-order valence-electron chi connectivity index (χ1n) is 11.6. The number of rotatable bonds is 18. The molecule has 1 rings (SSSR count). The van der Waals surface area contributed by atoms with Crippen LogP contribution in [0.2, 0.25) is 0 Å². The van der Waals surface area contributed by atoms with E-state index in [2.05, 4.69) is 55.2 Å². The third-order valence-corrected chi connectivity index (χ3v) is 5.50. The summed E-state index contributed by atoms with van der Waals surface area (Å²) in [6.45, 7) is 4.60. The Morgan fingerprint density at radius 2 is 1.56 bits per heavy atom. The smallest absolute Gasteiger partial charge is 0.303 e. The van der Waals surface area contributed by atoms with Gasteiger partial charge < -0.3 is 15.3 Å². The molecular formula is C25H41N3O4. The van der Waals surface area contributed by atoms with Crippen LogP contribution in [-0.4, -0.2) is 47.2 Å². The molecular weight excluding hydrogens is 406 g/mol. The minimum absolute atomic E-state index is 0.104. The number of nitrogens with one attached hydrogen (secondary N) is 2. The maximum absolute atomic E-state index is 12.1. The van der Waals surface area contributed by atoms with E-state index in [0.717, 1.165) is 32.2 Å². The summed E-state index contributed by atoms with van der Waals surface area (Å²) in [4.78, 5) is 25.1. The standard InChI is InChI=1S/C25H41N3O4/c1-20(27-32)23(17-18-25(30)31)26-24(29)16-10-8-6-4-5-7-9-13-21-14-11-12-15-22(21)19-28(2)3/h11-12,14-15,23,27,32H,1,4-10,13,16-19H2,2-3H3,(H,26,29)(H,30,31)/t23-/m1/s1. The highest BCUT2D eigenvalue weighted by Crippen LogP contribution is 2.16. The highest BCUT2D eigenvalue weighted by Gasteiger charge is 2.16. The number of hydroxylamine groups is 1. The van der Waals surface area contributed by atoms with Crippen molar-refractivity contribution in [3.05, 3.63) is 47.7 Å². The van der Waals surface area contributed by atoms with Crippen molar-refractivity contribution in [2.75, 3.05) is 14.1 Å². The first kappa shape index (κ1) is 27.7. The minimum atomic E-state index is -0.951. The number of carboxylic acids is 1. The van der Waals surface area contributed by atoms with Gasteiger partial charge >= 0.3 is 5.97 Å². The number of hydrogen-bond donors (Lipinski definition) is 4. The van der Waals surface area contributed by atoms with Gasteiger partial charge in [0.05, 0.1) is 11.7 Å². The molecule has 0 aliphatic carbocycles. The van der Waals surface area contributed by atoms with Crippen LogP contribution in [0, 0.1) is 0 Å². The van der Waals surface area contributed by atoms with Crippen LogP contribution in [0.5, 0.6) is 0 Å². The lowest BCUT2D eigenvalue weighted by molar-refractivity contribution is -0.137. The molecule has 4 N–H and O–H groups in total. The van der Waals surface area contributed by atoms with Crippen LogP contribution in [0.15, 0.2) is 36.5 Å². The largest absolute Gasteiger partial charge is 0.481 e. The molecule has 1 aromatic rings. The highest BCUT2D eigenvalue weighted by atomic mass is 16.5. The molecule has 180 valence electrons. The molecule has 32 heavy (non-hydrogen) atoms. The molecule has 1 atom stereocenters. The molecule has 0 bridgehead atoms. The number of nitrogens with zero attached hydrogens (tertiary/aromatic N) is 1. The van der Waals surface area contributed by atoms with Crippen molar-refractivity contribution in [1.29, 1.82) is 0 Å². The molecule has 0 saturated carbocycles. The van der Waals surface area contributed by atoms with E-state index in [1.54, 1.807) is 0 Å². The van der Waals surface area contributed by atoms with E-state index in [1.807, 2.05) is 5.48 Å². The van der Waals surface area contributed by atoms with Gasteiger partial charge in [-0.1, -0.05) is 62.9 Å². The van der Waals surface area contributed by atoms with E-state index in [-0.39, 0.29) is 24.4 Å². The SMILES string of the molecule is C=C(NO)[C@@H](CCC(=O)O)NC(=O)CCCCCCCCCc1ccccc1CN(C)C. The molecule has 0 fully saturated rings. The number of amides is 1. The van der Waals surface area contributed by atoms with Crippen molar-refractivity contribution in [2.45, 2.75) is 83.2 Å². The predicted octanol–water partition coefficient (Wildman–Crippen LogP) is 4.25. The molecule has 1 aromatic carbocycles. The lowest BCUT2D eigenvalue weighted by Gasteiger charge is -2.19. The summed E-state index contributed by atoms with van der Waals surface area (Å²) < 4.78 is 0. The van der Waals surface area contributed by atoms with E-state index in [9.17, 15) is 9.59 Å². The molecule has 7 heteroatoms. The van der Waals surface area contributed by atoms with Gasteiger partial charge in [-0.25, -0.2) is 0 Å². The Kier molecular flexibility index (Phi) is 14.1. The Bertz CT molecular complexity index is 706. The second-order valence-corrected chi connectivity index (χ2v) is 8.67. The van der Waals surface area contributed by atoms with Crippen molar-refractivity contribution >= 4 is 11.9 Å². The number of hydrogen-bond acceptors (Lipinski definition) is 5. The van der Waals surface area contributed by atoms with Crippen LogP contribution >= 0.6 is 0 Å². The average molecular weight is 448 g/mol. The van der Waals surface area contributed by atoms with Crippen LogP contribution < -0.4 is 10.8 Å². The predicted molar refractivity (Wildman–Crippen MR) is 127 cm³/mol. The van der Waals surface area contributed by atoms with Gasteiger partial charge in [-0.15, -0.1) is 0 Å². The Morgan fingerprint density at radius 1 is 0.969 bits per heavy atom. The lowest BCUT2D eigenvalue weighted by atomic mass is 10.00. The summed E-state index contributed by atoms with van der Waals surface area (Å²) in [6, 6.07) is 8.10. The van der Waals surface area contributed by atoms with Crippen molar-refractivity contribution in [2.24, 2.45) is 0 Å².